The van der Waals surface area contributed by atoms with Crippen LogP contribution in [0.2, 0.25) is 10.0 Å². The van der Waals surface area contributed by atoms with Crippen LogP contribution in [0.4, 0.5) is 4.79 Å². The topological polar surface area (TPSA) is 109 Å². The second-order valence-electron chi connectivity index (χ2n) is 9.05. The zero-order valence-corrected chi connectivity index (χ0v) is 25.3. The first-order valence-electron chi connectivity index (χ1n) is 12.5. The van der Waals surface area contributed by atoms with E-state index in [2.05, 4.69) is 29.4 Å². The van der Waals surface area contributed by atoms with Crippen molar-refractivity contribution in [2.45, 2.75) is 63.1 Å². The van der Waals surface area contributed by atoms with E-state index in [9.17, 15) is 9.36 Å². The smallest absolute Gasteiger partial charge is 0.404 e. The van der Waals surface area contributed by atoms with Gasteiger partial charge in [-0.25, -0.2) is 9.78 Å². The van der Waals surface area contributed by atoms with Crippen LogP contribution < -0.4 is 5.73 Å². The Morgan fingerprint density at radius 3 is 2.37 bits per heavy atom. The van der Waals surface area contributed by atoms with E-state index in [0.29, 0.717) is 48.7 Å². The average molecular weight is 606 g/mol. The molecule has 0 bridgehead atoms. The van der Waals surface area contributed by atoms with Crippen molar-refractivity contribution in [3.05, 3.63) is 51.4 Å². The summed E-state index contributed by atoms with van der Waals surface area (Å²) in [6, 6.07) is 5.40. The number of amides is 1. The van der Waals surface area contributed by atoms with Crippen LogP contribution in [0.5, 0.6) is 0 Å². The molecule has 2 heterocycles. The van der Waals surface area contributed by atoms with E-state index in [0.717, 1.165) is 22.0 Å². The molecule has 0 saturated heterocycles. The fourth-order valence-electron chi connectivity index (χ4n) is 4.08. The number of ether oxygens (including phenoxy) is 1. The Hall–Kier alpha value is -1.52. The van der Waals surface area contributed by atoms with Crippen molar-refractivity contribution in [3.63, 3.8) is 0 Å². The van der Waals surface area contributed by atoms with Crippen molar-refractivity contribution in [2.24, 2.45) is 5.73 Å². The summed E-state index contributed by atoms with van der Waals surface area (Å²) in [6.45, 7) is 10.2. The first-order valence-corrected chi connectivity index (χ1v) is 15.8. The number of halogens is 2. The predicted octanol–water partition coefficient (Wildman–Crippen LogP) is 6.92. The van der Waals surface area contributed by atoms with Gasteiger partial charge in [-0.05, 0) is 44.4 Å². The van der Waals surface area contributed by atoms with Gasteiger partial charge >= 0.3 is 13.7 Å². The zero-order chi connectivity index (χ0) is 27.9. The van der Waals surface area contributed by atoms with E-state index in [1.807, 2.05) is 26.0 Å². The number of carbonyl (C=O) groups is 1. The summed E-state index contributed by atoms with van der Waals surface area (Å²) in [6.07, 6.45) is 2.28. The van der Waals surface area contributed by atoms with Gasteiger partial charge in [0.2, 0.25) is 0 Å². The van der Waals surface area contributed by atoms with Gasteiger partial charge in [-0.1, -0.05) is 60.5 Å². The van der Waals surface area contributed by atoms with E-state index in [1.54, 1.807) is 6.07 Å². The van der Waals surface area contributed by atoms with E-state index in [1.165, 1.54) is 17.3 Å². The monoisotopic (exact) mass is 604 g/mol. The molecule has 0 saturated carbocycles. The minimum Gasteiger partial charge on any atom is -0.442 e. The Morgan fingerprint density at radius 1 is 1.18 bits per heavy atom. The Kier molecular flexibility index (Phi) is 11.6. The third kappa shape index (κ3) is 8.74. The maximum atomic E-state index is 13.0. The van der Waals surface area contributed by atoms with Crippen molar-refractivity contribution in [2.75, 3.05) is 32.6 Å². The number of nitrogens with two attached hydrogens (primary N) is 1. The number of nitrogens with zero attached hydrogens (tertiary/aromatic N) is 3. The molecule has 3 rings (SSSR count). The number of benzene rings is 1. The van der Waals surface area contributed by atoms with Crippen LogP contribution in [-0.4, -0.2) is 53.1 Å². The lowest BCUT2D eigenvalue weighted by Gasteiger charge is -2.29. The Morgan fingerprint density at radius 2 is 1.84 bits per heavy atom. The molecular weight excluding hydrogens is 570 g/mol. The summed E-state index contributed by atoms with van der Waals surface area (Å²) in [5.74, 6) is 0.714. The molecule has 1 aromatic carbocycles. The highest BCUT2D eigenvalue weighted by Gasteiger charge is 2.29. The van der Waals surface area contributed by atoms with Gasteiger partial charge in [0, 0.05) is 34.6 Å². The predicted molar refractivity (Wildman–Crippen MR) is 151 cm³/mol. The Labute approximate surface area is 238 Å². The molecule has 0 atom stereocenters. The molecule has 1 amide bonds. The van der Waals surface area contributed by atoms with Gasteiger partial charge in [0.25, 0.3) is 0 Å². The lowest BCUT2D eigenvalue weighted by atomic mass is 10.1. The van der Waals surface area contributed by atoms with Crippen LogP contribution in [0.15, 0.2) is 39.8 Å². The van der Waals surface area contributed by atoms with E-state index < -0.39 is 13.7 Å². The molecule has 38 heavy (non-hydrogen) atoms. The fourth-order valence-corrected chi connectivity index (χ4v) is 7.77. The zero-order valence-electron chi connectivity index (χ0n) is 22.1. The third-order valence-corrected chi connectivity index (χ3v) is 9.32. The van der Waals surface area contributed by atoms with Gasteiger partial charge in [-0.2, -0.15) is 0 Å². The number of carbonyl (C=O) groups excluding carboxylic acids is 1. The van der Waals surface area contributed by atoms with Gasteiger partial charge < -0.3 is 24.1 Å². The van der Waals surface area contributed by atoms with E-state index >= 15 is 0 Å². The highest BCUT2D eigenvalue weighted by atomic mass is 35.5. The highest BCUT2D eigenvalue weighted by molar-refractivity contribution is 7.99. The molecule has 2 N–H and O–H groups in total. The van der Waals surface area contributed by atoms with E-state index in [4.69, 9.17) is 47.7 Å². The molecule has 0 unspecified atom stereocenters. The maximum Gasteiger partial charge on any atom is 0.404 e. The molecule has 0 fully saturated rings. The van der Waals surface area contributed by atoms with Crippen molar-refractivity contribution >= 4 is 48.7 Å². The quantitative estimate of drug-likeness (QED) is 0.194. The number of hydrogen-bond acceptors (Lipinski definition) is 8. The molecule has 0 spiro atoms. The minimum atomic E-state index is -3.17. The Bertz CT molecular complexity index is 1180. The number of aromatic nitrogens is 2. The first-order chi connectivity index (χ1) is 18.0. The van der Waals surface area contributed by atoms with Crippen molar-refractivity contribution in [3.8, 4) is 0 Å². The number of hydrogen-bond donors (Lipinski definition) is 1. The second-order valence-corrected chi connectivity index (χ2v) is 13.0. The summed E-state index contributed by atoms with van der Waals surface area (Å²) < 4.78 is 31.1. The van der Waals surface area contributed by atoms with Crippen LogP contribution in [0.25, 0.3) is 0 Å². The summed E-state index contributed by atoms with van der Waals surface area (Å²) in [7, 11) is -3.17. The standard InChI is InChI=1S/C25H35Cl2N4O5PS/c1-5-35-37(33,36-6-2)16-30-9-7-18(8-10-30)14-31-22(15-34-25(28)32)29-23(17(3)4)24(31)38-21-12-19(26)11-20(27)13-21/h7,11-13,17H,5-6,8-10,14-16H2,1-4H3,(H2,28,32). The number of rotatable bonds is 13. The van der Waals surface area contributed by atoms with Crippen molar-refractivity contribution in [1.29, 1.82) is 0 Å². The molecule has 1 aromatic heterocycles. The van der Waals surface area contributed by atoms with Gasteiger partial charge in [0.1, 0.15) is 17.1 Å². The third-order valence-electron chi connectivity index (χ3n) is 5.74. The largest absolute Gasteiger partial charge is 0.442 e. The van der Waals surface area contributed by atoms with Gasteiger partial charge in [0.15, 0.2) is 6.61 Å². The normalized spacial score (nSPS) is 14.7. The van der Waals surface area contributed by atoms with Crippen LogP contribution in [0.1, 0.15) is 51.6 Å². The number of primary amides is 1. The van der Waals surface area contributed by atoms with E-state index in [-0.39, 0.29) is 18.8 Å². The molecule has 0 radical (unpaired) electrons. The molecule has 210 valence electrons. The highest BCUT2D eigenvalue weighted by Crippen LogP contribution is 2.48. The molecule has 1 aliphatic rings. The fraction of sp³-hybridized carbons (Fsp3) is 0.520. The van der Waals surface area contributed by atoms with Crippen molar-refractivity contribution in [1.82, 2.24) is 14.5 Å². The van der Waals surface area contributed by atoms with Gasteiger partial charge in [-0.15, -0.1) is 0 Å². The lowest BCUT2D eigenvalue weighted by Crippen LogP contribution is -2.31. The molecule has 9 nitrogen and oxygen atoms in total. The van der Waals surface area contributed by atoms with Gasteiger partial charge in [-0.3, -0.25) is 9.46 Å². The molecule has 1 aliphatic heterocycles. The average Bonchev–Trinajstić information content (AvgIpc) is 3.15. The second kappa shape index (κ2) is 14.2. The molecule has 2 aromatic rings. The lowest BCUT2D eigenvalue weighted by molar-refractivity contribution is 0.145. The number of imidazole rings is 1. The SMILES string of the molecule is CCOP(=O)(CN1CC=C(Cn2c(COC(N)=O)nc(C(C)C)c2Sc2cc(Cl)cc(Cl)c2)CC1)OCC. The minimum absolute atomic E-state index is 0.0444. The summed E-state index contributed by atoms with van der Waals surface area (Å²) in [5, 5.41) is 2.00. The summed E-state index contributed by atoms with van der Waals surface area (Å²) in [5.41, 5.74) is 7.31. The van der Waals surface area contributed by atoms with Crippen LogP contribution in [-0.2, 0) is 31.5 Å². The Balaban J connectivity index is 1.89. The molecule has 13 heteroatoms. The van der Waals surface area contributed by atoms with Crippen molar-refractivity contribution < 1.29 is 23.1 Å². The first kappa shape index (κ1) is 31.0. The maximum absolute atomic E-state index is 13.0. The van der Waals surface area contributed by atoms with Crippen LogP contribution in [0.3, 0.4) is 0 Å². The molecular formula is C25H35Cl2N4O5PS. The van der Waals surface area contributed by atoms with Gasteiger partial charge in [0.05, 0.1) is 18.9 Å². The van der Waals surface area contributed by atoms with Crippen LogP contribution in [0, 0.1) is 0 Å². The van der Waals surface area contributed by atoms with Crippen LogP contribution >= 0.6 is 42.6 Å². The summed E-state index contributed by atoms with van der Waals surface area (Å²) >= 11 is 14.0. The summed E-state index contributed by atoms with van der Waals surface area (Å²) in [4.78, 5) is 19.2. The molecule has 0 aliphatic carbocycles.